The van der Waals surface area contributed by atoms with Gasteiger partial charge in [-0.1, -0.05) is 22.6 Å². The van der Waals surface area contributed by atoms with E-state index in [1.165, 1.54) is 6.92 Å². The third kappa shape index (κ3) is 2.59. The van der Waals surface area contributed by atoms with Gasteiger partial charge in [0.2, 0.25) is 0 Å². The lowest BCUT2D eigenvalue weighted by molar-refractivity contribution is -0.148. The lowest BCUT2D eigenvalue weighted by Gasteiger charge is -2.15. The van der Waals surface area contributed by atoms with Crippen molar-refractivity contribution >= 4 is 28.6 Å². The smallest absolute Gasteiger partial charge is 0.302 e. The molecule has 11 heavy (non-hydrogen) atoms. The van der Waals surface area contributed by atoms with Crippen molar-refractivity contribution in [2.45, 2.75) is 25.6 Å². The zero-order valence-electron chi connectivity index (χ0n) is 7.25. The zero-order valence-corrected chi connectivity index (χ0v) is 8.41. The van der Waals surface area contributed by atoms with Crippen molar-refractivity contribution in [3.63, 3.8) is 0 Å². The fourth-order valence-corrected chi connectivity index (χ4v) is 1.76. The molecule has 0 aromatic rings. The van der Waals surface area contributed by atoms with Crippen molar-refractivity contribution in [2.24, 2.45) is 0 Å². The average molecular weight is 272 g/mol. The minimum atomic E-state index is -0.533. The summed E-state index contributed by atoms with van der Waals surface area (Å²) in [6.45, 7) is 0.843. The normalized spacial score (nSPS) is 38.4. The van der Waals surface area contributed by atoms with Crippen LogP contribution in [0.15, 0.2) is 0 Å². The molecule has 1 heterocycles. The first-order valence-corrected chi connectivity index (χ1v) is 4.97. The Morgan fingerprint density at radius 1 is 2.00 bits per heavy atom. The van der Waals surface area contributed by atoms with Crippen LogP contribution in [0.25, 0.3) is 0 Å². The van der Waals surface area contributed by atoms with E-state index in [4.69, 9.17) is 10.8 Å². The highest BCUT2D eigenvalue weighted by molar-refractivity contribution is 14.1. The molecule has 0 N–H and O–H groups in total. The third-order valence-electron chi connectivity index (χ3n) is 1.48. The SMILES string of the molecule is [3H][C@H]1C[C@@H](OC(C)=O)[C@@H](CI)O1. The predicted molar refractivity (Wildman–Crippen MR) is 48.8 cm³/mol. The largest absolute Gasteiger partial charge is 0.460 e. The Morgan fingerprint density at radius 2 is 2.73 bits per heavy atom. The number of hydrogen-bond acceptors (Lipinski definition) is 3. The van der Waals surface area contributed by atoms with E-state index in [1.54, 1.807) is 0 Å². The van der Waals surface area contributed by atoms with Crippen LogP contribution >= 0.6 is 22.6 Å². The molecule has 0 saturated carbocycles. The summed E-state index contributed by atoms with van der Waals surface area (Å²) in [7, 11) is 0. The van der Waals surface area contributed by atoms with E-state index in [0.717, 1.165) is 4.43 Å². The van der Waals surface area contributed by atoms with E-state index >= 15 is 0 Å². The van der Waals surface area contributed by atoms with Crippen LogP contribution in [-0.2, 0) is 14.3 Å². The minimum absolute atomic E-state index is 0.100. The Kier molecular flexibility index (Phi) is 3.01. The molecule has 64 valence electrons. The fraction of sp³-hybridized carbons (Fsp3) is 0.857. The van der Waals surface area contributed by atoms with Crippen molar-refractivity contribution in [1.82, 2.24) is 0 Å². The van der Waals surface area contributed by atoms with Crippen LogP contribution in [-0.4, -0.2) is 29.2 Å². The van der Waals surface area contributed by atoms with Crippen molar-refractivity contribution in [2.75, 3.05) is 11.0 Å². The summed E-state index contributed by atoms with van der Waals surface area (Å²) in [5.41, 5.74) is 0. The van der Waals surface area contributed by atoms with E-state index in [-0.39, 0.29) is 18.2 Å². The highest BCUT2D eigenvalue weighted by Gasteiger charge is 2.29. The Labute approximate surface area is 81.0 Å². The molecule has 1 saturated heterocycles. The predicted octanol–water partition coefficient (Wildman–Crippen LogP) is 1.14. The second-order valence-electron chi connectivity index (χ2n) is 2.38. The van der Waals surface area contributed by atoms with Gasteiger partial charge in [-0.05, 0) is 0 Å². The molecule has 0 bridgehead atoms. The summed E-state index contributed by atoms with van der Waals surface area (Å²) in [4.78, 5) is 10.6. The Balaban J connectivity index is 2.46. The van der Waals surface area contributed by atoms with E-state index < -0.39 is 6.58 Å². The molecular formula is C7H11IO3. The van der Waals surface area contributed by atoms with Gasteiger partial charge in [-0.3, -0.25) is 4.79 Å². The molecule has 0 aliphatic carbocycles. The number of hydrogen-bond donors (Lipinski definition) is 0. The Morgan fingerprint density at radius 3 is 3.27 bits per heavy atom. The summed E-state index contributed by atoms with van der Waals surface area (Å²) in [6.07, 6.45) is 0.173. The second kappa shape index (κ2) is 4.25. The van der Waals surface area contributed by atoms with Gasteiger partial charge in [-0.2, -0.15) is 0 Å². The Bertz CT molecular complexity index is 176. The van der Waals surface area contributed by atoms with Crippen molar-refractivity contribution in [1.29, 1.82) is 0 Å². The maximum Gasteiger partial charge on any atom is 0.302 e. The summed E-state index contributed by atoms with van der Waals surface area (Å²) in [6, 6.07) is 0. The summed E-state index contributed by atoms with van der Waals surface area (Å²) < 4.78 is 18.3. The van der Waals surface area contributed by atoms with Gasteiger partial charge in [-0.15, -0.1) is 0 Å². The number of esters is 1. The molecular weight excluding hydrogens is 259 g/mol. The van der Waals surface area contributed by atoms with Crippen LogP contribution < -0.4 is 0 Å². The van der Waals surface area contributed by atoms with Gasteiger partial charge in [0.1, 0.15) is 12.2 Å². The van der Waals surface area contributed by atoms with E-state index in [1.807, 2.05) is 0 Å². The van der Waals surface area contributed by atoms with E-state index in [2.05, 4.69) is 22.6 Å². The molecule has 1 rings (SSSR count). The fourth-order valence-electron chi connectivity index (χ4n) is 0.986. The summed E-state index contributed by atoms with van der Waals surface area (Å²) in [5.74, 6) is -0.299. The number of carbonyl (C=O) groups is 1. The quantitative estimate of drug-likeness (QED) is 0.429. The van der Waals surface area contributed by atoms with Crippen LogP contribution in [0, 0.1) is 0 Å². The molecule has 0 amide bonds. The van der Waals surface area contributed by atoms with Crippen LogP contribution in [0.5, 0.6) is 0 Å². The first-order chi connectivity index (χ1) is 5.63. The van der Waals surface area contributed by atoms with Crippen LogP contribution in [0.4, 0.5) is 0 Å². The lowest BCUT2D eigenvalue weighted by atomic mass is 10.2. The standard InChI is InChI=1S/C7H11IO3/c1-5(9)11-6-2-3-10-7(6)4-8/h6-7H,2-4H2,1H3/t6-,7-/m1/s1/i3T/t3-,6+,7+/m0. The third-order valence-corrected chi connectivity index (χ3v) is 2.35. The highest BCUT2D eigenvalue weighted by atomic mass is 127. The molecule has 1 aliphatic rings. The molecule has 0 radical (unpaired) electrons. The molecule has 1 fully saturated rings. The van der Waals surface area contributed by atoms with E-state index in [0.29, 0.717) is 6.42 Å². The maximum atomic E-state index is 10.6. The monoisotopic (exact) mass is 272 g/mol. The molecule has 4 heteroatoms. The molecule has 0 spiro atoms. The first-order valence-electron chi connectivity index (χ1n) is 4.02. The lowest BCUT2D eigenvalue weighted by Crippen LogP contribution is -2.27. The molecule has 3 atom stereocenters. The highest BCUT2D eigenvalue weighted by Crippen LogP contribution is 2.18. The van der Waals surface area contributed by atoms with Gasteiger partial charge < -0.3 is 9.47 Å². The number of alkyl halides is 1. The van der Waals surface area contributed by atoms with Gasteiger partial charge in [0.15, 0.2) is 0 Å². The van der Waals surface area contributed by atoms with Crippen LogP contribution in [0.1, 0.15) is 14.7 Å². The number of rotatable bonds is 2. The molecule has 3 nitrogen and oxygen atoms in total. The summed E-state index contributed by atoms with van der Waals surface area (Å²) >= 11 is 2.16. The number of ether oxygens (including phenoxy) is 2. The van der Waals surface area contributed by atoms with Gasteiger partial charge in [-0.25, -0.2) is 0 Å². The van der Waals surface area contributed by atoms with Crippen molar-refractivity contribution in [3.8, 4) is 0 Å². The van der Waals surface area contributed by atoms with E-state index in [9.17, 15) is 4.79 Å². The average Bonchev–Trinajstić information content (AvgIpc) is 2.29. The Hall–Kier alpha value is 0.160. The van der Waals surface area contributed by atoms with Gasteiger partial charge >= 0.3 is 5.97 Å². The van der Waals surface area contributed by atoms with Crippen molar-refractivity contribution < 1.29 is 15.6 Å². The van der Waals surface area contributed by atoms with Gasteiger partial charge in [0, 0.05) is 17.8 Å². The second-order valence-corrected chi connectivity index (χ2v) is 3.26. The number of halogens is 1. The van der Waals surface area contributed by atoms with Crippen LogP contribution in [0.2, 0.25) is 0 Å². The number of carbonyl (C=O) groups excluding carboxylic acids is 1. The van der Waals surface area contributed by atoms with Gasteiger partial charge in [0.25, 0.3) is 0 Å². The molecule has 0 unspecified atom stereocenters. The minimum Gasteiger partial charge on any atom is -0.460 e. The zero-order chi connectivity index (χ0) is 9.14. The molecule has 1 aliphatic heterocycles. The summed E-state index contributed by atoms with van der Waals surface area (Å²) in [5, 5.41) is 0. The van der Waals surface area contributed by atoms with Crippen LogP contribution in [0.3, 0.4) is 0 Å². The first kappa shape index (κ1) is 7.79. The topological polar surface area (TPSA) is 35.5 Å². The maximum absolute atomic E-state index is 10.6. The van der Waals surface area contributed by atoms with Crippen molar-refractivity contribution in [3.05, 3.63) is 0 Å². The molecule has 0 aromatic heterocycles. The van der Waals surface area contributed by atoms with Gasteiger partial charge in [0.05, 0.1) is 7.95 Å². The molecule has 0 aromatic carbocycles.